The molecule has 0 unspecified atom stereocenters. The van der Waals surface area contributed by atoms with Gasteiger partial charge in [-0.2, -0.15) is 0 Å². The fourth-order valence-corrected chi connectivity index (χ4v) is 9.57. The van der Waals surface area contributed by atoms with Crippen LogP contribution in [0.15, 0.2) is 78.9 Å². The molecule has 0 radical (unpaired) electrons. The van der Waals surface area contributed by atoms with E-state index in [4.69, 9.17) is 94.7 Å². The molecule has 6 aromatic rings. The number of amides is 2. The number of ether oxygens (including phenoxy) is 20. The summed E-state index contributed by atoms with van der Waals surface area (Å²) in [5, 5.41) is 7.85. The number of para-hydroxylation sites is 1. The molecule has 1 aliphatic heterocycles. The van der Waals surface area contributed by atoms with E-state index in [1.807, 2.05) is 36.4 Å². The second-order valence-corrected chi connectivity index (χ2v) is 19.8. The molecule has 6 aromatic carbocycles. The van der Waals surface area contributed by atoms with Crippen LogP contribution in [0.25, 0.3) is 43.1 Å². The number of fused-ring (bicyclic) bond motifs is 2. The van der Waals surface area contributed by atoms with Gasteiger partial charge in [-0.3, -0.25) is 9.59 Å². The van der Waals surface area contributed by atoms with Crippen molar-refractivity contribution >= 4 is 60.6 Å². The van der Waals surface area contributed by atoms with Gasteiger partial charge in [0.25, 0.3) is 11.8 Å². The van der Waals surface area contributed by atoms with Crippen molar-refractivity contribution in [2.24, 2.45) is 0 Å². The topological polar surface area (TPSA) is 222 Å². The van der Waals surface area contributed by atoms with Gasteiger partial charge < -0.3 is 94.7 Å². The number of hydrogen-bond donors (Lipinski definition) is 0. The van der Waals surface area contributed by atoms with E-state index < -0.39 is 11.8 Å². The van der Waals surface area contributed by atoms with Crippen molar-refractivity contribution in [2.75, 3.05) is 257 Å². The van der Waals surface area contributed by atoms with Gasteiger partial charge in [0.05, 0.1) is 225 Å². The number of carbonyl (C=O) groups excluding carboxylic acids is 2. The summed E-state index contributed by atoms with van der Waals surface area (Å²) in [6.45, 7) is 15.4. The highest BCUT2D eigenvalue weighted by atomic mass is 16.6. The number of carbonyl (C=O) groups is 2. The maximum atomic E-state index is 14.9. The lowest BCUT2D eigenvalue weighted by Gasteiger charge is -2.30. The average Bonchev–Trinajstić information content (AvgIpc) is 1.01. The molecule has 0 saturated heterocycles. The summed E-state index contributed by atoms with van der Waals surface area (Å²) in [7, 11) is 3.28. The molecule has 0 atom stereocenters. The van der Waals surface area contributed by atoms with E-state index in [1.165, 1.54) is 4.90 Å². The fourth-order valence-electron chi connectivity index (χ4n) is 9.57. The van der Waals surface area contributed by atoms with Crippen molar-refractivity contribution in [1.82, 2.24) is 0 Å². The van der Waals surface area contributed by atoms with E-state index in [2.05, 4.69) is 24.3 Å². The summed E-state index contributed by atoms with van der Waals surface area (Å²) in [4.78, 5) is 31.0. The summed E-state index contributed by atoms with van der Waals surface area (Å²) in [5.41, 5.74) is 0.994. The molecule has 23 nitrogen and oxygen atoms in total. The van der Waals surface area contributed by atoms with Crippen molar-refractivity contribution in [3.8, 4) is 11.5 Å². The minimum absolute atomic E-state index is 0.113. The van der Waals surface area contributed by atoms with Crippen LogP contribution in [0.4, 0.5) is 5.69 Å². The summed E-state index contributed by atoms with van der Waals surface area (Å²) >= 11 is 0. The van der Waals surface area contributed by atoms with Gasteiger partial charge >= 0.3 is 0 Å². The molecule has 2 amide bonds. The Bertz CT molecular complexity index is 2700. The predicted octanol–water partition coefficient (Wildman–Crippen LogP) is 6.85. The summed E-state index contributed by atoms with van der Waals surface area (Å²) < 4.78 is 112. The lowest BCUT2D eigenvalue weighted by molar-refractivity contribution is -0.0247. The molecular formula is C66H91NO22. The fraction of sp³-hybridized carbons (Fsp3) is 0.576. The number of hydrogen-bond acceptors (Lipinski definition) is 22. The monoisotopic (exact) mass is 1250 g/mol. The average molecular weight is 1250 g/mol. The Kier molecular flexibility index (Phi) is 35.3. The smallest absolute Gasteiger partial charge is 0.266 e. The molecule has 492 valence electrons. The van der Waals surface area contributed by atoms with Crippen LogP contribution >= 0.6 is 0 Å². The quantitative estimate of drug-likeness (QED) is 0.0165. The van der Waals surface area contributed by atoms with E-state index >= 15 is 0 Å². The molecule has 89 heavy (non-hydrogen) atoms. The number of anilines is 1. The molecule has 0 N–H and O–H groups in total. The largest absolute Gasteiger partial charge is 0.489 e. The van der Waals surface area contributed by atoms with Crippen molar-refractivity contribution in [1.29, 1.82) is 0 Å². The van der Waals surface area contributed by atoms with Crippen molar-refractivity contribution in [3.63, 3.8) is 0 Å². The van der Waals surface area contributed by atoms with E-state index in [9.17, 15) is 9.59 Å². The first-order valence-corrected chi connectivity index (χ1v) is 30.7. The zero-order valence-corrected chi connectivity index (χ0v) is 51.9. The highest BCUT2D eigenvalue weighted by Crippen LogP contribution is 2.47. The third-order valence-corrected chi connectivity index (χ3v) is 13.7. The third-order valence-electron chi connectivity index (χ3n) is 13.7. The Morgan fingerprint density at radius 2 is 0.506 bits per heavy atom. The van der Waals surface area contributed by atoms with Crippen molar-refractivity contribution in [3.05, 3.63) is 90.0 Å². The minimum atomic E-state index is -0.491. The Labute approximate surface area is 521 Å². The number of imide groups is 1. The van der Waals surface area contributed by atoms with Crippen LogP contribution in [0.3, 0.4) is 0 Å². The van der Waals surface area contributed by atoms with Gasteiger partial charge in [0, 0.05) is 30.7 Å². The first-order valence-electron chi connectivity index (χ1n) is 30.7. The standard InChI is InChI=1S/C66H91NO22/c1-70-16-18-72-20-22-74-24-26-76-28-30-78-32-34-80-36-38-82-40-42-84-44-46-86-48-50-88-59-10-5-11-60(89-51-49-87-47-45-85-43-41-83-39-37-81-35-33-79-31-29-77-27-25-75-23-21-73-19-17-71-2)64(59)67-65(68)57-14-12-55-53-8-3-6-52-7-4-9-54(61(52)53)56-13-15-58(66(67)69)63(57)62(55)56/h3-15H,16-51H2,1-2H3. The molecule has 7 rings (SSSR count). The second kappa shape index (κ2) is 44.2. The molecule has 0 bridgehead atoms. The van der Waals surface area contributed by atoms with Crippen molar-refractivity contribution in [2.45, 2.75) is 0 Å². The molecular weight excluding hydrogens is 1160 g/mol. The van der Waals surface area contributed by atoms with Gasteiger partial charge in [-0.1, -0.05) is 54.6 Å². The van der Waals surface area contributed by atoms with Gasteiger partial charge in [0.2, 0.25) is 0 Å². The molecule has 23 heteroatoms. The Balaban J connectivity index is 0.782. The zero-order chi connectivity index (χ0) is 62.0. The number of nitrogens with zero attached hydrogens (tertiary/aromatic N) is 1. The van der Waals surface area contributed by atoms with Crippen LogP contribution in [-0.2, 0) is 85.3 Å². The molecule has 0 fully saturated rings. The Morgan fingerprint density at radius 3 is 0.787 bits per heavy atom. The molecule has 1 heterocycles. The first-order chi connectivity index (χ1) is 44.1. The summed E-state index contributed by atoms with van der Waals surface area (Å²) in [5.74, 6) is -0.434. The maximum absolute atomic E-state index is 14.9. The highest BCUT2D eigenvalue weighted by Gasteiger charge is 2.38. The van der Waals surface area contributed by atoms with Crippen LogP contribution in [0.5, 0.6) is 11.5 Å². The lowest BCUT2D eigenvalue weighted by atomic mass is 9.84. The van der Waals surface area contributed by atoms with Crippen molar-refractivity contribution < 1.29 is 104 Å². The van der Waals surface area contributed by atoms with E-state index in [1.54, 1.807) is 32.4 Å². The Hall–Kier alpha value is -5.36. The van der Waals surface area contributed by atoms with Crippen LogP contribution in [0, 0.1) is 0 Å². The van der Waals surface area contributed by atoms with Gasteiger partial charge in [-0.05, 0) is 62.0 Å². The SMILES string of the molecule is COCCOCCOCCOCCOCCOCCOCCOCCOCCOc1cccc(OCCOCCOCCOCCOCCOCCOCCOCCOCCOC)c1N1C(=O)c2ccc3c4cccc5cccc(c6ccc(c2c36)C1=O)c54. The summed E-state index contributed by atoms with van der Waals surface area (Å²) in [6, 6.07) is 25.3. The molecule has 0 aliphatic carbocycles. The molecule has 0 aromatic heterocycles. The highest BCUT2D eigenvalue weighted by molar-refractivity contribution is 6.42. The van der Waals surface area contributed by atoms with Crippen LogP contribution in [0.1, 0.15) is 20.7 Å². The number of benzene rings is 6. The normalized spacial score (nSPS) is 12.6. The van der Waals surface area contributed by atoms with Crippen LogP contribution in [-0.4, -0.2) is 264 Å². The van der Waals surface area contributed by atoms with E-state index in [0.717, 1.165) is 37.7 Å². The summed E-state index contributed by atoms with van der Waals surface area (Å²) in [6.07, 6.45) is 0. The van der Waals surface area contributed by atoms with E-state index in [-0.39, 0.29) is 43.6 Å². The molecule has 1 aliphatic rings. The predicted molar refractivity (Wildman–Crippen MR) is 333 cm³/mol. The van der Waals surface area contributed by atoms with E-state index in [0.29, 0.717) is 228 Å². The Morgan fingerprint density at radius 1 is 0.258 bits per heavy atom. The van der Waals surface area contributed by atoms with Crippen LogP contribution < -0.4 is 14.4 Å². The van der Waals surface area contributed by atoms with Gasteiger partial charge in [0.15, 0.2) is 0 Å². The first kappa shape index (κ1) is 71.1. The lowest BCUT2D eigenvalue weighted by Crippen LogP contribution is -2.41. The minimum Gasteiger partial charge on any atom is -0.489 e. The number of methoxy groups -OCH3 is 2. The van der Waals surface area contributed by atoms with Gasteiger partial charge in [-0.15, -0.1) is 0 Å². The zero-order valence-electron chi connectivity index (χ0n) is 51.9. The molecule has 0 spiro atoms. The number of rotatable bonds is 57. The third kappa shape index (κ3) is 24.3. The van der Waals surface area contributed by atoms with Gasteiger partial charge in [0.1, 0.15) is 30.4 Å². The van der Waals surface area contributed by atoms with Crippen LogP contribution in [0.2, 0.25) is 0 Å². The maximum Gasteiger partial charge on any atom is 0.266 e. The van der Waals surface area contributed by atoms with Gasteiger partial charge in [-0.25, -0.2) is 4.90 Å². The second-order valence-electron chi connectivity index (χ2n) is 19.8. The molecule has 0 saturated carbocycles.